The van der Waals surface area contributed by atoms with Crippen molar-refractivity contribution in [1.82, 2.24) is 10.2 Å². The number of carbonyl (C=O) groups excluding carboxylic acids is 2. The van der Waals surface area contributed by atoms with Crippen LogP contribution in [0.2, 0.25) is 5.02 Å². The second-order valence-corrected chi connectivity index (χ2v) is 8.57. The molecule has 0 spiro atoms. The minimum absolute atomic E-state index is 0.159. The molecule has 2 aliphatic rings. The predicted molar refractivity (Wildman–Crippen MR) is 106 cm³/mol. The van der Waals surface area contributed by atoms with Gasteiger partial charge in [0.05, 0.1) is 5.92 Å². The van der Waals surface area contributed by atoms with Crippen molar-refractivity contribution in [2.75, 3.05) is 0 Å². The molecule has 170 valence electrons. The Labute approximate surface area is 182 Å². The van der Waals surface area contributed by atoms with Crippen molar-refractivity contribution in [2.45, 2.75) is 63.2 Å². The number of nitrogens with one attached hydrogen (secondary N) is 1. The maximum absolute atomic E-state index is 13.6. The fraction of sp³-hybridized carbons (Fsp3) is 0.571. The van der Waals surface area contributed by atoms with E-state index in [0.29, 0.717) is 42.0 Å². The number of imide groups is 1. The van der Waals surface area contributed by atoms with E-state index < -0.39 is 48.0 Å². The number of carboxylic acid groups (broad SMARTS) is 1. The van der Waals surface area contributed by atoms with E-state index in [1.165, 1.54) is 0 Å². The van der Waals surface area contributed by atoms with E-state index in [4.69, 9.17) is 11.6 Å². The van der Waals surface area contributed by atoms with Gasteiger partial charge in [0.25, 0.3) is 0 Å². The lowest BCUT2D eigenvalue weighted by Crippen LogP contribution is -2.69. The Kier molecular flexibility index (Phi) is 7.13. The van der Waals surface area contributed by atoms with Crippen molar-refractivity contribution in [3.8, 4) is 0 Å². The molecule has 0 bridgehead atoms. The molecule has 3 atom stereocenters. The number of alkyl halides is 3. The highest BCUT2D eigenvalue weighted by atomic mass is 35.5. The highest BCUT2D eigenvalue weighted by Crippen LogP contribution is 2.36. The number of rotatable bonds is 6. The quantitative estimate of drug-likeness (QED) is 0.616. The second-order valence-electron chi connectivity index (χ2n) is 8.13. The van der Waals surface area contributed by atoms with Gasteiger partial charge in [0.1, 0.15) is 6.04 Å². The van der Waals surface area contributed by atoms with Crippen LogP contribution in [-0.2, 0) is 16.0 Å². The van der Waals surface area contributed by atoms with E-state index in [1.54, 1.807) is 24.3 Å². The van der Waals surface area contributed by atoms with Gasteiger partial charge >= 0.3 is 18.2 Å². The monoisotopic (exact) mass is 460 g/mol. The minimum atomic E-state index is -4.68. The van der Waals surface area contributed by atoms with Crippen molar-refractivity contribution in [3.05, 3.63) is 34.9 Å². The summed E-state index contributed by atoms with van der Waals surface area (Å²) in [6, 6.07) is 1.92. The topological polar surface area (TPSA) is 86.7 Å². The lowest BCUT2D eigenvalue weighted by molar-refractivity contribution is -0.173. The Balaban J connectivity index is 1.67. The summed E-state index contributed by atoms with van der Waals surface area (Å²) in [6.45, 7) is 0. The van der Waals surface area contributed by atoms with E-state index in [1.807, 2.05) is 5.32 Å². The van der Waals surface area contributed by atoms with E-state index in [-0.39, 0.29) is 6.42 Å². The molecule has 2 fully saturated rings. The van der Waals surface area contributed by atoms with Crippen LogP contribution in [0.25, 0.3) is 0 Å². The molecule has 0 radical (unpaired) electrons. The number of carbonyl (C=O) groups is 3. The molecule has 0 aromatic heterocycles. The van der Waals surface area contributed by atoms with E-state index >= 15 is 0 Å². The Morgan fingerprint density at radius 2 is 1.77 bits per heavy atom. The summed E-state index contributed by atoms with van der Waals surface area (Å²) in [7, 11) is 0. The molecular formula is C21H24ClF3N2O4. The van der Waals surface area contributed by atoms with Crippen molar-refractivity contribution >= 4 is 29.5 Å². The molecule has 3 unspecified atom stereocenters. The average Bonchev–Trinajstić information content (AvgIpc) is 2.71. The maximum atomic E-state index is 13.6. The van der Waals surface area contributed by atoms with Crippen LogP contribution >= 0.6 is 11.6 Å². The van der Waals surface area contributed by atoms with E-state index in [2.05, 4.69) is 0 Å². The lowest BCUT2D eigenvalue weighted by atomic mass is 9.82. The number of hydrogen-bond donors (Lipinski definition) is 2. The van der Waals surface area contributed by atoms with Crippen LogP contribution in [0.15, 0.2) is 24.3 Å². The molecular weight excluding hydrogens is 437 g/mol. The number of aliphatic carboxylic acids is 1. The summed E-state index contributed by atoms with van der Waals surface area (Å²) in [5.41, 5.74) is 0.832. The summed E-state index contributed by atoms with van der Waals surface area (Å²) in [6.07, 6.45) is -1.38. The highest BCUT2D eigenvalue weighted by Gasteiger charge is 2.56. The molecule has 1 aromatic rings. The van der Waals surface area contributed by atoms with Crippen LogP contribution < -0.4 is 5.32 Å². The van der Waals surface area contributed by atoms with Gasteiger partial charge in [-0.2, -0.15) is 13.2 Å². The van der Waals surface area contributed by atoms with Gasteiger partial charge in [-0.05, 0) is 49.3 Å². The summed E-state index contributed by atoms with van der Waals surface area (Å²) < 4.78 is 40.7. The molecule has 1 heterocycles. The average molecular weight is 461 g/mol. The van der Waals surface area contributed by atoms with Crippen LogP contribution in [-0.4, -0.2) is 46.2 Å². The Morgan fingerprint density at radius 1 is 1.16 bits per heavy atom. The zero-order valence-corrected chi connectivity index (χ0v) is 17.5. The van der Waals surface area contributed by atoms with Crippen LogP contribution in [0, 0.1) is 11.8 Å². The normalized spacial score (nSPS) is 23.2. The molecule has 2 N–H and O–H groups in total. The lowest BCUT2D eigenvalue weighted by Gasteiger charge is -2.44. The van der Waals surface area contributed by atoms with Gasteiger partial charge in [-0.1, -0.05) is 43.0 Å². The Hall–Kier alpha value is -2.29. The van der Waals surface area contributed by atoms with Crippen molar-refractivity contribution in [2.24, 2.45) is 11.8 Å². The van der Waals surface area contributed by atoms with Gasteiger partial charge in [-0.25, -0.2) is 14.5 Å². The predicted octanol–water partition coefficient (Wildman–Crippen LogP) is 4.41. The first-order valence-electron chi connectivity index (χ1n) is 10.3. The summed E-state index contributed by atoms with van der Waals surface area (Å²) in [5, 5.41) is 11.9. The molecule has 3 amide bonds. The number of amides is 3. The molecule has 1 saturated heterocycles. The van der Waals surface area contributed by atoms with Crippen LogP contribution in [0.5, 0.6) is 0 Å². The molecule has 31 heavy (non-hydrogen) atoms. The van der Waals surface area contributed by atoms with Crippen LogP contribution in [0.1, 0.15) is 44.1 Å². The maximum Gasteiger partial charge on any atom is 0.408 e. The molecule has 1 saturated carbocycles. The standard InChI is InChI=1S/C21H24ClF3N2O4/c22-14-9-6-12(7-10-14)8-11-15-16(19(29)30)27(18(15)28)20(31)26-17(21(23,24)25)13-4-2-1-3-5-13/h6-7,9-10,13,15-17H,1-5,8,11H2,(H,26,31)(H,29,30). The van der Waals surface area contributed by atoms with E-state index in [0.717, 1.165) is 12.0 Å². The minimum Gasteiger partial charge on any atom is -0.480 e. The SMILES string of the molecule is O=C(O)C1C(CCc2ccc(Cl)cc2)C(=O)N1C(=O)NC(C1CCCCC1)C(F)(F)F. The molecule has 1 aliphatic heterocycles. The highest BCUT2D eigenvalue weighted by molar-refractivity contribution is 6.30. The number of carboxylic acids is 1. The number of nitrogens with zero attached hydrogens (tertiary/aromatic N) is 1. The number of β-lactam (4-membered cyclic amide) rings is 1. The number of likely N-dealkylation sites (tertiary alicyclic amines) is 1. The third-order valence-corrected chi connectivity index (χ3v) is 6.35. The smallest absolute Gasteiger partial charge is 0.408 e. The number of aryl methyl sites for hydroxylation is 1. The summed E-state index contributed by atoms with van der Waals surface area (Å²) in [5.74, 6) is -3.95. The Morgan fingerprint density at radius 3 is 2.32 bits per heavy atom. The van der Waals surface area contributed by atoms with Crippen LogP contribution in [0.4, 0.5) is 18.0 Å². The molecule has 1 aromatic carbocycles. The van der Waals surface area contributed by atoms with Gasteiger partial charge in [0.15, 0.2) is 6.04 Å². The molecule has 1 aliphatic carbocycles. The first-order valence-corrected chi connectivity index (χ1v) is 10.6. The van der Waals surface area contributed by atoms with Crippen molar-refractivity contribution in [3.63, 3.8) is 0 Å². The van der Waals surface area contributed by atoms with Crippen molar-refractivity contribution in [1.29, 1.82) is 0 Å². The Bertz CT molecular complexity index is 825. The van der Waals surface area contributed by atoms with E-state index in [9.17, 15) is 32.7 Å². The van der Waals surface area contributed by atoms with Gasteiger partial charge in [0.2, 0.25) is 5.91 Å². The summed E-state index contributed by atoms with van der Waals surface area (Å²) >= 11 is 5.82. The first kappa shape index (κ1) is 23.4. The fourth-order valence-electron chi connectivity index (χ4n) is 4.45. The summed E-state index contributed by atoms with van der Waals surface area (Å²) in [4.78, 5) is 37.1. The molecule has 10 heteroatoms. The van der Waals surface area contributed by atoms with Gasteiger partial charge in [-0.3, -0.25) is 4.79 Å². The third kappa shape index (κ3) is 5.31. The number of hydrogen-bond acceptors (Lipinski definition) is 3. The largest absolute Gasteiger partial charge is 0.480 e. The number of urea groups is 1. The molecule has 6 nitrogen and oxygen atoms in total. The third-order valence-electron chi connectivity index (χ3n) is 6.10. The van der Waals surface area contributed by atoms with Crippen molar-refractivity contribution < 1.29 is 32.7 Å². The second kappa shape index (κ2) is 9.46. The molecule has 3 rings (SSSR count). The van der Waals surface area contributed by atoms with Gasteiger partial charge in [0, 0.05) is 5.02 Å². The van der Waals surface area contributed by atoms with Gasteiger partial charge in [-0.15, -0.1) is 0 Å². The first-order chi connectivity index (χ1) is 14.6. The zero-order chi connectivity index (χ0) is 22.8. The van der Waals surface area contributed by atoms with Gasteiger partial charge < -0.3 is 10.4 Å². The number of halogens is 4. The number of benzene rings is 1. The fourth-order valence-corrected chi connectivity index (χ4v) is 4.58. The zero-order valence-electron chi connectivity index (χ0n) is 16.7. The van der Waals surface area contributed by atoms with Crippen LogP contribution in [0.3, 0.4) is 0 Å².